The van der Waals surface area contributed by atoms with E-state index in [1.54, 1.807) is 18.2 Å². The second kappa shape index (κ2) is 5.48. The number of hydrogen-bond donors (Lipinski definition) is 2. The lowest BCUT2D eigenvalue weighted by Crippen LogP contribution is -1.99. The Hall–Kier alpha value is -2.89. The number of nitrogens with one attached hydrogen (secondary N) is 1. The summed E-state index contributed by atoms with van der Waals surface area (Å²) < 4.78 is 18.9. The van der Waals surface area contributed by atoms with Crippen molar-refractivity contribution in [2.24, 2.45) is 0 Å². The molecule has 3 aromatic rings. The van der Waals surface area contributed by atoms with Gasteiger partial charge >= 0.3 is 0 Å². The lowest BCUT2D eigenvalue weighted by molar-refractivity contribution is 0.374. The quantitative estimate of drug-likeness (QED) is 0.774. The number of methoxy groups -OCH3 is 1. The molecule has 0 aliphatic heterocycles. The molecule has 6 heteroatoms. The Morgan fingerprint density at radius 1 is 1.18 bits per heavy atom. The van der Waals surface area contributed by atoms with Crippen LogP contribution in [0.1, 0.15) is 5.56 Å². The summed E-state index contributed by atoms with van der Waals surface area (Å²) in [6, 6.07) is 7.86. The van der Waals surface area contributed by atoms with Crippen molar-refractivity contribution < 1.29 is 14.2 Å². The van der Waals surface area contributed by atoms with Crippen LogP contribution in [-0.2, 0) is 0 Å². The predicted molar refractivity (Wildman–Crippen MR) is 82.2 cm³/mol. The number of benzene rings is 2. The van der Waals surface area contributed by atoms with Gasteiger partial charge in [0.2, 0.25) is 0 Å². The summed E-state index contributed by atoms with van der Waals surface area (Å²) in [7, 11) is 1.46. The Bertz CT molecular complexity index is 852. The van der Waals surface area contributed by atoms with Crippen LogP contribution in [0.15, 0.2) is 36.7 Å². The van der Waals surface area contributed by atoms with Crippen LogP contribution in [0.2, 0.25) is 0 Å². The smallest absolute Gasteiger partial charge is 0.162 e. The standard InChI is InChI=1S/C16H14FN3O2/c1-9-3-4-11(17)13(5-9)20-16-10-6-14(21)15(22-2)7-12(10)18-8-19-16/h3-8,21H,1-2H3,(H,18,19,20). The summed E-state index contributed by atoms with van der Waals surface area (Å²) in [4.78, 5) is 8.27. The Balaban J connectivity index is 2.11. The number of fused-ring (bicyclic) bond motifs is 1. The van der Waals surface area contributed by atoms with Gasteiger partial charge in [0, 0.05) is 11.5 Å². The number of halogens is 1. The number of nitrogens with zero attached hydrogens (tertiary/aromatic N) is 2. The van der Waals surface area contributed by atoms with E-state index >= 15 is 0 Å². The second-order valence-electron chi connectivity index (χ2n) is 4.87. The third kappa shape index (κ3) is 2.50. The van der Waals surface area contributed by atoms with Crippen LogP contribution in [0.3, 0.4) is 0 Å². The van der Waals surface area contributed by atoms with Crippen LogP contribution < -0.4 is 10.1 Å². The van der Waals surface area contributed by atoms with E-state index in [2.05, 4.69) is 15.3 Å². The van der Waals surface area contributed by atoms with Gasteiger partial charge in [-0.3, -0.25) is 0 Å². The van der Waals surface area contributed by atoms with E-state index in [0.29, 0.717) is 28.2 Å². The average molecular weight is 299 g/mol. The van der Waals surface area contributed by atoms with Crippen molar-refractivity contribution in [2.45, 2.75) is 6.92 Å². The topological polar surface area (TPSA) is 67.3 Å². The summed E-state index contributed by atoms with van der Waals surface area (Å²) >= 11 is 0. The minimum atomic E-state index is -0.380. The van der Waals surface area contributed by atoms with Gasteiger partial charge in [0.25, 0.3) is 0 Å². The highest BCUT2D eigenvalue weighted by atomic mass is 19.1. The fourth-order valence-corrected chi connectivity index (χ4v) is 2.20. The van der Waals surface area contributed by atoms with Gasteiger partial charge in [0.15, 0.2) is 11.5 Å². The molecule has 0 saturated heterocycles. The van der Waals surface area contributed by atoms with Gasteiger partial charge in [-0.15, -0.1) is 0 Å². The lowest BCUT2D eigenvalue weighted by Gasteiger charge is -2.11. The number of aromatic hydroxyl groups is 1. The molecule has 0 fully saturated rings. The first kappa shape index (κ1) is 14.1. The van der Waals surface area contributed by atoms with Crippen LogP contribution in [-0.4, -0.2) is 22.2 Å². The normalized spacial score (nSPS) is 10.7. The zero-order chi connectivity index (χ0) is 15.7. The Morgan fingerprint density at radius 2 is 2.00 bits per heavy atom. The van der Waals surface area contributed by atoms with Crippen molar-refractivity contribution in [1.82, 2.24) is 9.97 Å². The molecule has 5 nitrogen and oxygen atoms in total. The first-order valence-electron chi connectivity index (χ1n) is 6.63. The second-order valence-corrected chi connectivity index (χ2v) is 4.87. The monoisotopic (exact) mass is 299 g/mol. The molecule has 0 saturated carbocycles. The van der Waals surface area contributed by atoms with Gasteiger partial charge < -0.3 is 15.2 Å². The molecule has 0 atom stereocenters. The third-order valence-corrected chi connectivity index (χ3v) is 3.31. The fourth-order valence-electron chi connectivity index (χ4n) is 2.20. The highest BCUT2D eigenvalue weighted by Gasteiger charge is 2.11. The van der Waals surface area contributed by atoms with Crippen LogP contribution in [0, 0.1) is 12.7 Å². The van der Waals surface area contributed by atoms with Gasteiger partial charge in [0.05, 0.1) is 18.3 Å². The van der Waals surface area contributed by atoms with Crippen LogP contribution >= 0.6 is 0 Å². The average Bonchev–Trinajstić information content (AvgIpc) is 2.51. The molecular weight excluding hydrogens is 285 g/mol. The van der Waals surface area contributed by atoms with E-state index < -0.39 is 0 Å². The van der Waals surface area contributed by atoms with Crippen molar-refractivity contribution >= 4 is 22.4 Å². The minimum Gasteiger partial charge on any atom is -0.504 e. The minimum absolute atomic E-state index is 0.0300. The number of aromatic nitrogens is 2. The van der Waals surface area contributed by atoms with Crippen LogP contribution in [0.25, 0.3) is 10.9 Å². The van der Waals surface area contributed by atoms with Gasteiger partial charge in [-0.2, -0.15) is 0 Å². The van der Waals surface area contributed by atoms with Gasteiger partial charge in [-0.1, -0.05) is 6.07 Å². The summed E-state index contributed by atoms with van der Waals surface area (Å²) in [6.45, 7) is 1.87. The van der Waals surface area contributed by atoms with Crippen molar-refractivity contribution in [3.8, 4) is 11.5 Å². The molecule has 0 unspecified atom stereocenters. The van der Waals surface area contributed by atoms with Crippen LogP contribution in [0.4, 0.5) is 15.9 Å². The van der Waals surface area contributed by atoms with E-state index in [0.717, 1.165) is 5.56 Å². The maximum atomic E-state index is 13.9. The molecule has 2 N–H and O–H groups in total. The molecule has 0 spiro atoms. The Kier molecular flexibility index (Phi) is 3.50. The molecule has 1 aromatic heterocycles. The number of phenols is 1. The first-order chi connectivity index (χ1) is 10.6. The first-order valence-corrected chi connectivity index (χ1v) is 6.63. The summed E-state index contributed by atoms with van der Waals surface area (Å²) in [5.74, 6) is 0.319. The zero-order valence-electron chi connectivity index (χ0n) is 12.1. The number of hydrogen-bond acceptors (Lipinski definition) is 5. The molecule has 0 aliphatic rings. The third-order valence-electron chi connectivity index (χ3n) is 3.31. The number of aryl methyl sites for hydroxylation is 1. The Labute approximate surface area is 126 Å². The molecule has 2 aromatic carbocycles. The lowest BCUT2D eigenvalue weighted by atomic mass is 10.2. The maximum absolute atomic E-state index is 13.9. The molecule has 0 bridgehead atoms. The molecule has 112 valence electrons. The molecule has 3 rings (SSSR count). The van der Waals surface area contributed by atoms with Crippen molar-refractivity contribution in [3.05, 3.63) is 48.0 Å². The maximum Gasteiger partial charge on any atom is 0.162 e. The summed E-state index contributed by atoms with van der Waals surface area (Å²) in [5.41, 5.74) is 1.82. The van der Waals surface area contributed by atoms with E-state index in [9.17, 15) is 9.50 Å². The molecule has 22 heavy (non-hydrogen) atoms. The largest absolute Gasteiger partial charge is 0.504 e. The number of rotatable bonds is 3. The summed E-state index contributed by atoms with van der Waals surface area (Å²) in [5, 5.41) is 13.4. The molecule has 0 amide bonds. The number of ether oxygens (including phenoxy) is 1. The molecule has 1 heterocycles. The molecule has 0 aliphatic carbocycles. The van der Waals surface area contributed by atoms with Crippen molar-refractivity contribution in [2.75, 3.05) is 12.4 Å². The van der Waals surface area contributed by atoms with E-state index in [1.807, 2.05) is 6.92 Å². The van der Waals surface area contributed by atoms with Crippen molar-refractivity contribution in [1.29, 1.82) is 0 Å². The highest BCUT2D eigenvalue weighted by molar-refractivity contribution is 5.93. The number of phenolic OH excluding ortho intramolecular Hbond substituents is 1. The zero-order valence-corrected chi connectivity index (χ0v) is 12.1. The van der Waals surface area contributed by atoms with Crippen LogP contribution in [0.5, 0.6) is 11.5 Å². The summed E-state index contributed by atoms with van der Waals surface area (Å²) in [6.07, 6.45) is 1.37. The van der Waals surface area contributed by atoms with Gasteiger partial charge in [-0.25, -0.2) is 14.4 Å². The predicted octanol–water partition coefficient (Wildman–Crippen LogP) is 3.54. The highest BCUT2D eigenvalue weighted by Crippen LogP contribution is 2.33. The molecular formula is C16H14FN3O2. The van der Waals surface area contributed by atoms with E-state index in [-0.39, 0.29) is 11.6 Å². The Morgan fingerprint density at radius 3 is 2.77 bits per heavy atom. The SMILES string of the molecule is COc1cc2ncnc(Nc3cc(C)ccc3F)c2cc1O. The number of anilines is 2. The van der Waals surface area contributed by atoms with Gasteiger partial charge in [0.1, 0.15) is 18.0 Å². The molecule has 0 radical (unpaired) electrons. The fraction of sp³-hybridized carbons (Fsp3) is 0.125. The van der Waals surface area contributed by atoms with Crippen molar-refractivity contribution in [3.63, 3.8) is 0 Å². The van der Waals surface area contributed by atoms with Gasteiger partial charge in [-0.05, 0) is 30.7 Å². The van der Waals surface area contributed by atoms with E-state index in [4.69, 9.17) is 4.74 Å². The van der Waals surface area contributed by atoms with E-state index in [1.165, 1.54) is 25.6 Å².